The molecule has 0 radical (unpaired) electrons. The standard InChI is InChI=1S/C6H6.C2H7N.CH2O3/c1-2-4-6-5-3-1;1-3-2;2-1(3)4/h1-6H;3H,1-2H3;(H2,2,3,4). The van der Waals surface area contributed by atoms with Crippen molar-refractivity contribution in [3.63, 3.8) is 0 Å². The summed E-state index contributed by atoms with van der Waals surface area (Å²) >= 11 is 0. The van der Waals surface area contributed by atoms with Crippen molar-refractivity contribution in [3.8, 4) is 0 Å². The van der Waals surface area contributed by atoms with Gasteiger partial charge in [-0.05, 0) is 14.1 Å². The van der Waals surface area contributed by atoms with E-state index >= 15 is 0 Å². The molecule has 1 aromatic carbocycles. The monoisotopic (exact) mass is 185 g/mol. The maximum atomic E-state index is 8.56. The zero-order chi connectivity index (χ0) is 10.5. The first-order valence-corrected chi connectivity index (χ1v) is 3.65. The van der Waals surface area contributed by atoms with Crippen LogP contribution in [-0.2, 0) is 0 Å². The summed E-state index contributed by atoms with van der Waals surface area (Å²) in [6.07, 6.45) is -1.83. The third-order valence-electron chi connectivity index (χ3n) is 0.667. The Morgan fingerprint density at radius 1 is 0.923 bits per heavy atom. The molecule has 0 aromatic heterocycles. The van der Waals surface area contributed by atoms with Crippen LogP contribution in [0.5, 0.6) is 0 Å². The van der Waals surface area contributed by atoms with E-state index in [2.05, 4.69) is 5.32 Å². The molecule has 13 heavy (non-hydrogen) atoms. The van der Waals surface area contributed by atoms with Crippen molar-refractivity contribution in [2.45, 2.75) is 0 Å². The Kier molecular flexibility index (Phi) is 14.1. The van der Waals surface area contributed by atoms with Crippen LogP contribution < -0.4 is 5.32 Å². The number of benzene rings is 1. The highest BCUT2D eigenvalue weighted by Gasteiger charge is 1.70. The van der Waals surface area contributed by atoms with Gasteiger partial charge in [-0.15, -0.1) is 0 Å². The van der Waals surface area contributed by atoms with Crippen LogP contribution in [0, 0.1) is 0 Å². The van der Waals surface area contributed by atoms with E-state index in [0.29, 0.717) is 0 Å². The second kappa shape index (κ2) is 13.1. The predicted octanol–water partition coefficient (Wildman–Crippen LogP) is 1.74. The molecule has 0 heterocycles. The molecule has 1 rings (SSSR count). The van der Waals surface area contributed by atoms with Gasteiger partial charge in [0.1, 0.15) is 0 Å². The van der Waals surface area contributed by atoms with Crippen molar-refractivity contribution < 1.29 is 15.0 Å². The number of hydrogen-bond acceptors (Lipinski definition) is 2. The largest absolute Gasteiger partial charge is 0.503 e. The van der Waals surface area contributed by atoms with Crippen molar-refractivity contribution in [2.75, 3.05) is 14.1 Å². The summed E-state index contributed by atoms with van der Waals surface area (Å²) in [6, 6.07) is 12.0. The molecule has 0 amide bonds. The van der Waals surface area contributed by atoms with E-state index < -0.39 is 6.16 Å². The molecule has 0 atom stereocenters. The molecular weight excluding hydrogens is 170 g/mol. The van der Waals surface area contributed by atoms with Gasteiger partial charge in [-0.1, -0.05) is 36.4 Å². The molecule has 0 unspecified atom stereocenters. The minimum Gasteiger partial charge on any atom is -0.450 e. The Hall–Kier alpha value is -1.55. The van der Waals surface area contributed by atoms with Gasteiger partial charge in [0.15, 0.2) is 0 Å². The zero-order valence-electron chi connectivity index (χ0n) is 7.77. The molecule has 0 saturated heterocycles. The average molecular weight is 185 g/mol. The van der Waals surface area contributed by atoms with Gasteiger partial charge in [0.2, 0.25) is 0 Å². The van der Waals surface area contributed by atoms with Crippen molar-refractivity contribution in [1.29, 1.82) is 0 Å². The molecule has 74 valence electrons. The van der Waals surface area contributed by atoms with Crippen LogP contribution in [-0.4, -0.2) is 30.5 Å². The number of rotatable bonds is 0. The normalized spacial score (nSPS) is 6.92. The van der Waals surface area contributed by atoms with Crippen LogP contribution in [0.2, 0.25) is 0 Å². The summed E-state index contributed by atoms with van der Waals surface area (Å²) in [6.45, 7) is 0. The molecule has 0 aliphatic carbocycles. The Morgan fingerprint density at radius 2 is 1.00 bits per heavy atom. The van der Waals surface area contributed by atoms with Gasteiger partial charge >= 0.3 is 6.16 Å². The summed E-state index contributed by atoms with van der Waals surface area (Å²) in [5, 5.41) is 16.7. The smallest absolute Gasteiger partial charge is 0.450 e. The molecule has 0 aliphatic heterocycles. The van der Waals surface area contributed by atoms with Crippen molar-refractivity contribution in [3.05, 3.63) is 36.4 Å². The minimum absolute atomic E-state index is 1.83. The van der Waals surface area contributed by atoms with Gasteiger partial charge in [-0.25, -0.2) is 4.79 Å². The Bertz CT molecular complexity index is 159. The molecular formula is C9H15NO3. The fourth-order valence-electron chi connectivity index (χ4n) is 0.385. The Balaban J connectivity index is 0. The Labute approximate surface area is 77.8 Å². The van der Waals surface area contributed by atoms with E-state index in [-0.39, 0.29) is 0 Å². The third-order valence-corrected chi connectivity index (χ3v) is 0.667. The lowest BCUT2D eigenvalue weighted by Gasteiger charge is -1.69. The molecule has 0 spiro atoms. The van der Waals surface area contributed by atoms with Crippen molar-refractivity contribution in [1.82, 2.24) is 5.32 Å². The fraction of sp³-hybridized carbons (Fsp3) is 0.222. The topological polar surface area (TPSA) is 69.6 Å². The maximum Gasteiger partial charge on any atom is 0.503 e. The van der Waals surface area contributed by atoms with Gasteiger partial charge in [-0.3, -0.25) is 0 Å². The molecule has 0 saturated carbocycles. The SMILES string of the molecule is CNC.O=C(O)O.c1ccccc1. The lowest BCUT2D eigenvalue weighted by molar-refractivity contribution is 0.137. The van der Waals surface area contributed by atoms with E-state index in [1.54, 1.807) is 0 Å². The quantitative estimate of drug-likeness (QED) is 0.576. The van der Waals surface area contributed by atoms with Gasteiger partial charge < -0.3 is 15.5 Å². The van der Waals surface area contributed by atoms with Crippen molar-refractivity contribution >= 4 is 6.16 Å². The first kappa shape index (κ1) is 14.0. The predicted molar refractivity (Wildman–Crippen MR) is 52.1 cm³/mol. The molecule has 1 aromatic rings. The summed E-state index contributed by atoms with van der Waals surface area (Å²) in [7, 11) is 3.75. The van der Waals surface area contributed by atoms with E-state index in [9.17, 15) is 0 Å². The van der Waals surface area contributed by atoms with Gasteiger partial charge in [0.25, 0.3) is 0 Å². The third kappa shape index (κ3) is 37.7. The first-order valence-electron chi connectivity index (χ1n) is 3.65. The lowest BCUT2D eigenvalue weighted by Crippen LogP contribution is -1.89. The highest BCUT2D eigenvalue weighted by Crippen LogP contribution is 1.79. The molecule has 3 N–H and O–H groups in total. The molecule has 0 fully saturated rings. The van der Waals surface area contributed by atoms with Crippen molar-refractivity contribution in [2.24, 2.45) is 0 Å². The summed E-state index contributed by atoms with van der Waals surface area (Å²) < 4.78 is 0. The number of hydrogen-bond donors (Lipinski definition) is 3. The van der Waals surface area contributed by atoms with Crippen LogP contribution in [0.4, 0.5) is 4.79 Å². The molecule has 0 aliphatic rings. The second-order valence-corrected chi connectivity index (χ2v) is 1.94. The first-order chi connectivity index (χ1) is 6.15. The van der Waals surface area contributed by atoms with Crippen LogP contribution in [0.25, 0.3) is 0 Å². The molecule has 0 bridgehead atoms. The maximum absolute atomic E-state index is 8.56. The number of nitrogens with one attached hydrogen (secondary N) is 1. The van der Waals surface area contributed by atoms with Crippen LogP contribution in [0.1, 0.15) is 0 Å². The number of carbonyl (C=O) groups is 1. The van der Waals surface area contributed by atoms with E-state index in [0.717, 1.165) is 0 Å². The van der Waals surface area contributed by atoms with Gasteiger partial charge in [0, 0.05) is 0 Å². The van der Waals surface area contributed by atoms with Crippen LogP contribution in [0.15, 0.2) is 36.4 Å². The highest BCUT2D eigenvalue weighted by molar-refractivity contribution is 5.53. The van der Waals surface area contributed by atoms with E-state index in [1.807, 2.05) is 50.5 Å². The Morgan fingerprint density at radius 3 is 1.08 bits per heavy atom. The van der Waals surface area contributed by atoms with Gasteiger partial charge in [0.05, 0.1) is 0 Å². The summed E-state index contributed by atoms with van der Waals surface area (Å²) in [4.78, 5) is 8.56. The average Bonchev–Trinajstić information content (AvgIpc) is 2.08. The van der Waals surface area contributed by atoms with E-state index in [1.165, 1.54) is 0 Å². The van der Waals surface area contributed by atoms with Crippen LogP contribution >= 0.6 is 0 Å². The zero-order valence-corrected chi connectivity index (χ0v) is 7.77. The molecule has 4 heteroatoms. The number of carboxylic acid groups (broad SMARTS) is 2. The summed E-state index contributed by atoms with van der Waals surface area (Å²) in [5.41, 5.74) is 0. The molecule has 4 nitrogen and oxygen atoms in total. The second-order valence-electron chi connectivity index (χ2n) is 1.94. The highest BCUT2D eigenvalue weighted by atomic mass is 16.6. The lowest BCUT2D eigenvalue weighted by atomic mass is 10.4. The van der Waals surface area contributed by atoms with E-state index in [4.69, 9.17) is 15.0 Å². The van der Waals surface area contributed by atoms with Gasteiger partial charge in [-0.2, -0.15) is 0 Å². The van der Waals surface area contributed by atoms with Crippen LogP contribution in [0.3, 0.4) is 0 Å². The summed E-state index contributed by atoms with van der Waals surface area (Å²) in [5.74, 6) is 0. The fourth-order valence-corrected chi connectivity index (χ4v) is 0.385. The minimum atomic E-state index is -1.83.